The smallest absolute Gasteiger partial charge is 0.279 e. The molecular formula is C23H27ClN2O3S. The van der Waals surface area contributed by atoms with E-state index in [1.54, 1.807) is 12.1 Å². The zero-order chi connectivity index (χ0) is 21.5. The Hall–Kier alpha value is -2.15. The van der Waals surface area contributed by atoms with E-state index in [0.717, 1.165) is 28.6 Å². The van der Waals surface area contributed by atoms with Crippen LogP contribution in [0.5, 0.6) is 5.75 Å². The first-order valence-corrected chi connectivity index (χ1v) is 11.4. The van der Waals surface area contributed by atoms with Crippen LogP contribution in [-0.2, 0) is 11.3 Å². The van der Waals surface area contributed by atoms with E-state index in [2.05, 4.69) is 11.9 Å². The van der Waals surface area contributed by atoms with Gasteiger partial charge < -0.3 is 14.0 Å². The number of thiazole rings is 1. The largest absolute Gasteiger partial charge is 0.494 e. The van der Waals surface area contributed by atoms with Crippen molar-refractivity contribution in [2.45, 2.75) is 40.2 Å². The molecule has 0 aliphatic carbocycles. The van der Waals surface area contributed by atoms with Gasteiger partial charge in [-0.1, -0.05) is 42.3 Å². The summed E-state index contributed by atoms with van der Waals surface area (Å²) in [5.74, 6) is 0.393. The van der Waals surface area contributed by atoms with Crippen molar-refractivity contribution in [3.63, 3.8) is 0 Å². The number of aromatic nitrogens is 1. The van der Waals surface area contributed by atoms with Gasteiger partial charge in [-0.25, -0.2) is 0 Å². The Morgan fingerprint density at radius 3 is 2.80 bits per heavy atom. The Morgan fingerprint density at radius 2 is 2.03 bits per heavy atom. The first-order chi connectivity index (χ1) is 14.5. The van der Waals surface area contributed by atoms with Gasteiger partial charge in [0.05, 0.1) is 23.4 Å². The van der Waals surface area contributed by atoms with Crippen molar-refractivity contribution in [3.8, 4) is 5.75 Å². The normalized spacial score (nSPS) is 11.9. The number of amides is 1. The van der Waals surface area contributed by atoms with Crippen LogP contribution in [0.15, 0.2) is 41.4 Å². The SMILES string of the molecule is CCCCOc1cccc(C(=O)N=c2sc3ccc(Cl)c(C)c3n2CCOCC)c1. The lowest BCUT2D eigenvalue weighted by Gasteiger charge is -2.08. The fraction of sp³-hybridized carbons (Fsp3) is 0.391. The molecule has 0 N–H and O–H groups in total. The molecule has 1 aromatic heterocycles. The van der Waals surface area contributed by atoms with Gasteiger partial charge in [-0.2, -0.15) is 4.99 Å². The lowest BCUT2D eigenvalue weighted by Crippen LogP contribution is -2.20. The van der Waals surface area contributed by atoms with Crippen LogP contribution in [0.2, 0.25) is 5.02 Å². The minimum absolute atomic E-state index is 0.295. The number of unbranched alkanes of at least 4 members (excludes halogenated alkanes) is 1. The average Bonchev–Trinajstić information content (AvgIpc) is 3.09. The van der Waals surface area contributed by atoms with Crippen molar-refractivity contribution in [1.29, 1.82) is 0 Å². The zero-order valence-corrected chi connectivity index (χ0v) is 19.2. The van der Waals surface area contributed by atoms with Crippen molar-refractivity contribution >= 4 is 39.1 Å². The number of hydrogen-bond donors (Lipinski definition) is 0. The Kier molecular flexibility index (Phi) is 8.08. The second kappa shape index (κ2) is 10.8. The quantitative estimate of drug-likeness (QED) is 0.401. The summed E-state index contributed by atoms with van der Waals surface area (Å²) in [7, 11) is 0. The molecule has 1 heterocycles. The molecule has 5 nitrogen and oxygen atoms in total. The monoisotopic (exact) mass is 446 g/mol. The van der Waals surface area contributed by atoms with Crippen LogP contribution in [0.3, 0.4) is 0 Å². The van der Waals surface area contributed by atoms with Gasteiger partial charge >= 0.3 is 0 Å². The summed E-state index contributed by atoms with van der Waals surface area (Å²) in [6.45, 7) is 8.47. The highest BCUT2D eigenvalue weighted by Gasteiger charge is 2.13. The fourth-order valence-electron chi connectivity index (χ4n) is 3.11. The number of rotatable bonds is 9. The van der Waals surface area contributed by atoms with E-state index in [1.807, 2.05) is 42.7 Å². The minimum atomic E-state index is -0.295. The molecule has 0 aliphatic heterocycles. The van der Waals surface area contributed by atoms with Crippen molar-refractivity contribution in [2.75, 3.05) is 19.8 Å². The molecule has 7 heteroatoms. The van der Waals surface area contributed by atoms with E-state index in [1.165, 1.54) is 11.3 Å². The predicted molar refractivity (Wildman–Crippen MR) is 123 cm³/mol. The molecule has 0 saturated heterocycles. The number of ether oxygens (including phenoxy) is 2. The van der Waals surface area contributed by atoms with E-state index in [4.69, 9.17) is 21.1 Å². The molecular weight excluding hydrogens is 420 g/mol. The number of carbonyl (C=O) groups excluding carboxylic acids is 1. The van der Waals surface area contributed by atoms with Crippen LogP contribution < -0.4 is 9.54 Å². The summed E-state index contributed by atoms with van der Waals surface area (Å²) < 4.78 is 14.3. The molecule has 0 unspecified atom stereocenters. The molecule has 160 valence electrons. The molecule has 3 rings (SSSR count). The summed E-state index contributed by atoms with van der Waals surface area (Å²) in [6, 6.07) is 11.0. The van der Waals surface area contributed by atoms with E-state index in [0.29, 0.717) is 47.5 Å². The maximum Gasteiger partial charge on any atom is 0.279 e. The first-order valence-electron chi connectivity index (χ1n) is 10.2. The van der Waals surface area contributed by atoms with Gasteiger partial charge in [-0.05, 0) is 56.2 Å². The molecule has 1 amide bonds. The summed E-state index contributed by atoms with van der Waals surface area (Å²) in [5.41, 5.74) is 2.48. The Bertz CT molecular complexity index is 1090. The maximum absolute atomic E-state index is 12.9. The van der Waals surface area contributed by atoms with E-state index < -0.39 is 0 Å². The van der Waals surface area contributed by atoms with Crippen LogP contribution in [0.1, 0.15) is 42.6 Å². The van der Waals surface area contributed by atoms with Crippen LogP contribution in [-0.4, -0.2) is 30.3 Å². The summed E-state index contributed by atoms with van der Waals surface area (Å²) in [4.78, 5) is 18.0. The highest BCUT2D eigenvalue weighted by molar-refractivity contribution is 7.16. The summed E-state index contributed by atoms with van der Waals surface area (Å²) in [5, 5.41) is 0.695. The topological polar surface area (TPSA) is 52.8 Å². The van der Waals surface area contributed by atoms with Gasteiger partial charge in [-0.3, -0.25) is 4.79 Å². The molecule has 0 atom stereocenters. The van der Waals surface area contributed by atoms with E-state index >= 15 is 0 Å². The maximum atomic E-state index is 12.9. The van der Waals surface area contributed by atoms with E-state index in [-0.39, 0.29) is 5.91 Å². The summed E-state index contributed by atoms with van der Waals surface area (Å²) in [6.07, 6.45) is 2.04. The lowest BCUT2D eigenvalue weighted by atomic mass is 10.2. The van der Waals surface area contributed by atoms with Crippen LogP contribution in [0, 0.1) is 6.92 Å². The van der Waals surface area contributed by atoms with Crippen molar-refractivity contribution in [3.05, 3.63) is 57.3 Å². The number of nitrogens with zero attached hydrogens (tertiary/aromatic N) is 2. The van der Waals surface area contributed by atoms with Gasteiger partial charge in [0, 0.05) is 23.7 Å². The summed E-state index contributed by atoms with van der Waals surface area (Å²) >= 11 is 7.83. The third-order valence-corrected chi connectivity index (χ3v) is 6.19. The fourth-order valence-corrected chi connectivity index (χ4v) is 4.38. The molecule has 0 radical (unpaired) electrons. The standard InChI is InChI=1S/C23H27ClN2O3S/c1-4-6-13-29-18-9-7-8-17(15-18)22(27)25-23-26(12-14-28-5-2)21-16(3)19(24)10-11-20(21)30-23/h7-11,15H,4-6,12-14H2,1-3H3. The van der Waals surface area contributed by atoms with Gasteiger partial charge in [0.25, 0.3) is 5.91 Å². The third kappa shape index (κ3) is 5.31. The van der Waals surface area contributed by atoms with Gasteiger partial charge in [0.2, 0.25) is 0 Å². The molecule has 0 spiro atoms. The van der Waals surface area contributed by atoms with Crippen molar-refractivity contribution < 1.29 is 14.3 Å². The second-order valence-electron chi connectivity index (χ2n) is 6.90. The van der Waals surface area contributed by atoms with Crippen molar-refractivity contribution in [1.82, 2.24) is 4.57 Å². The van der Waals surface area contributed by atoms with Crippen LogP contribution in [0.4, 0.5) is 0 Å². The molecule has 3 aromatic rings. The lowest BCUT2D eigenvalue weighted by molar-refractivity contribution is 0.0996. The predicted octanol–water partition coefficient (Wildman–Crippen LogP) is 5.62. The Balaban J connectivity index is 1.98. The van der Waals surface area contributed by atoms with Gasteiger partial charge in [0.15, 0.2) is 4.80 Å². The Labute approximate surface area is 185 Å². The number of benzene rings is 2. The number of fused-ring (bicyclic) bond motifs is 1. The van der Waals surface area contributed by atoms with Crippen molar-refractivity contribution in [2.24, 2.45) is 4.99 Å². The minimum Gasteiger partial charge on any atom is -0.494 e. The highest BCUT2D eigenvalue weighted by Crippen LogP contribution is 2.27. The highest BCUT2D eigenvalue weighted by atomic mass is 35.5. The molecule has 0 saturated carbocycles. The molecule has 0 bridgehead atoms. The molecule has 0 aliphatic rings. The Morgan fingerprint density at radius 1 is 1.20 bits per heavy atom. The number of halogens is 1. The molecule has 0 fully saturated rings. The number of hydrogen-bond acceptors (Lipinski definition) is 4. The van der Waals surface area contributed by atoms with E-state index in [9.17, 15) is 4.79 Å². The van der Waals surface area contributed by atoms with Crippen LogP contribution >= 0.6 is 22.9 Å². The van der Waals surface area contributed by atoms with Gasteiger partial charge in [-0.15, -0.1) is 0 Å². The number of aryl methyl sites for hydroxylation is 1. The first kappa shape index (κ1) is 22.5. The molecule has 2 aromatic carbocycles. The molecule has 30 heavy (non-hydrogen) atoms. The third-order valence-electron chi connectivity index (χ3n) is 4.74. The van der Waals surface area contributed by atoms with Crippen LogP contribution in [0.25, 0.3) is 10.2 Å². The van der Waals surface area contributed by atoms with Gasteiger partial charge in [0.1, 0.15) is 5.75 Å². The average molecular weight is 447 g/mol. The zero-order valence-electron chi connectivity index (χ0n) is 17.6. The number of carbonyl (C=O) groups is 1. The second-order valence-corrected chi connectivity index (χ2v) is 8.32.